The average molecular weight is 426 g/mol. The summed E-state index contributed by atoms with van der Waals surface area (Å²) in [5, 5.41) is 0.918. The Morgan fingerprint density at radius 1 is 1.07 bits per heavy atom. The summed E-state index contributed by atoms with van der Waals surface area (Å²) in [6, 6.07) is 16.4. The Morgan fingerprint density at radius 3 is 2.66 bits per heavy atom. The molecule has 0 aliphatic carbocycles. The van der Waals surface area contributed by atoms with Gasteiger partial charge in [-0.1, -0.05) is 47.5 Å². The van der Waals surface area contributed by atoms with Crippen molar-refractivity contribution < 1.29 is 9.21 Å². The van der Waals surface area contributed by atoms with E-state index in [1.165, 1.54) is 6.20 Å². The van der Waals surface area contributed by atoms with Gasteiger partial charge in [-0.15, -0.1) is 0 Å². The van der Waals surface area contributed by atoms with E-state index in [2.05, 4.69) is 9.97 Å². The Hall–Kier alpha value is -2.89. The predicted molar refractivity (Wildman–Crippen MR) is 113 cm³/mol. The van der Waals surface area contributed by atoms with E-state index in [4.69, 9.17) is 27.6 Å². The lowest BCUT2D eigenvalue weighted by molar-refractivity contribution is 0.0715. The molecule has 4 rings (SSSR count). The minimum absolute atomic E-state index is 0.195. The Morgan fingerprint density at radius 2 is 1.90 bits per heavy atom. The number of amides is 1. The number of pyridine rings is 1. The second-order valence-electron chi connectivity index (χ2n) is 6.70. The molecule has 0 spiro atoms. The maximum Gasteiger partial charge on any atom is 0.256 e. The van der Waals surface area contributed by atoms with Gasteiger partial charge in [-0.25, -0.2) is 9.97 Å². The summed E-state index contributed by atoms with van der Waals surface area (Å²) in [4.78, 5) is 23.4. The van der Waals surface area contributed by atoms with Gasteiger partial charge >= 0.3 is 0 Å². The van der Waals surface area contributed by atoms with Gasteiger partial charge in [0.15, 0.2) is 5.58 Å². The van der Waals surface area contributed by atoms with Crippen LogP contribution in [0.4, 0.5) is 0 Å². The Kier molecular flexibility index (Phi) is 5.51. The second kappa shape index (κ2) is 8.23. The molecule has 146 valence electrons. The lowest BCUT2D eigenvalue weighted by Gasteiger charge is -2.22. The second-order valence-corrected chi connectivity index (χ2v) is 7.50. The molecule has 5 nitrogen and oxygen atoms in total. The Bertz CT molecular complexity index is 1170. The number of hydrogen-bond donors (Lipinski definition) is 0. The molecule has 0 saturated heterocycles. The molecule has 0 N–H and O–H groups in total. The highest BCUT2D eigenvalue weighted by molar-refractivity contribution is 6.31. The number of benzene rings is 2. The molecule has 2 aromatic heterocycles. The number of hydrogen-bond acceptors (Lipinski definition) is 4. The van der Waals surface area contributed by atoms with Crippen LogP contribution >= 0.6 is 23.2 Å². The van der Waals surface area contributed by atoms with Gasteiger partial charge in [-0.3, -0.25) is 4.79 Å². The Balaban J connectivity index is 1.67. The normalized spacial score (nSPS) is 11.0. The molecule has 0 unspecified atom stereocenters. The topological polar surface area (TPSA) is 59.2 Å². The minimum atomic E-state index is -0.215. The predicted octanol–water partition coefficient (Wildman–Crippen LogP) is 5.68. The number of aromatic nitrogens is 2. The van der Waals surface area contributed by atoms with Crippen molar-refractivity contribution in [2.24, 2.45) is 0 Å². The van der Waals surface area contributed by atoms with Crippen molar-refractivity contribution in [3.8, 4) is 0 Å². The fraction of sp³-hybridized carbons (Fsp3) is 0.136. The first kappa shape index (κ1) is 19.4. The van der Waals surface area contributed by atoms with Gasteiger partial charge in [0.2, 0.25) is 5.89 Å². The zero-order valence-electron chi connectivity index (χ0n) is 15.6. The van der Waals surface area contributed by atoms with Gasteiger partial charge in [0.25, 0.3) is 5.91 Å². The van der Waals surface area contributed by atoms with Crippen molar-refractivity contribution in [3.63, 3.8) is 0 Å². The highest BCUT2D eigenvalue weighted by Crippen LogP contribution is 2.22. The summed E-state index contributed by atoms with van der Waals surface area (Å²) in [5.74, 6) is 0.237. The van der Waals surface area contributed by atoms with Crippen LogP contribution in [0.5, 0.6) is 0 Å². The third-order valence-electron chi connectivity index (χ3n) is 4.49. The maximum absolute atomic E-state index is 13.2. The van der Waals surface area contributed by atoms with Crippen LogP contribution in [-0.4, -0.2) is 20.8 Å². The van der Waals surface area contributed by atoms with Crippen molar-refractivity contribution in [2.45, 2.75) is 20.0 Å². The number of fused-ring (bicyclic) bond motifs is 1. The molecular formula is C22H17Cl2N3O2. The van der Waals surface area contributed by atoms with E-state index >= 15 is 0 Å². The third-order valence-corrected chi connectivity index (χ3v) is 5.09. The largest absolute Gasteiger partial charge is 0.439 e. The molecule has 0 atom stereocenters. The van der Waals surface area contributed by atoms with Crippen LogP contribution in [0.25, 0.3) is 11.1 Å². The lowest BCUT2D eigenvalue weighted by Crippen LogP contribution is -2.30. The van der Waals surface area contributed by atoms with Crippen LogP contribution in [0.15, 0.2) is 65.2 Å². The first-order chi connectivity index (χ1) is 14.0. The molecule has 4 aromatic rings. The van der Waals surface area contributed by atoms with Crippen LogP contribution < -0.4 is 0 Å². The van der Waals surface area contributed by atoms with E-state index in [9.17, 15) is 4.79 Å². The minimum Gasteiger partial charge on any atom is -0.439 e. The number of aryl methyl sites for hydroxylation is 1. The van der Waals surface area contributed by atoms with Crippen molar-refractivity contribution in [1.29, 1.82) is 0 Å². The van der Waals surface area contributed by atoms with Crippen molar-refractivity contribution in [3.05, 3.63) is 93.6 Å². The molecule has 0 aliphatic heterocycles. The van der Waals surface area contributed by atoms with Crippen LogP contribution in [0.1, 0.15) is 27.4 Å². The fourth-order valence-corrected chi connectivity index (χ4v) is 3.34. The number of oxazole rings is 1. The highest BCUT2D eigenvalue weighted by atomic mass is 35.5. The first-order valence-electron chi connectivity index (χ1n) is 9.00. The summed E-state index contributed by atoms with van der Waals surface area (Å²) in [7, 11) is 0. The van der Waals surface area contributed by atoms with Gasteiger partial charge in [0, 0.05) is 17.8 Å². The maximum atomic E-state index is 13.2. The van der Waals surface area contributed by atoms with Crippen molar-refractivity contribution >= 4 is 40.2 Å². The number of carbonyl (C=O) groups excluding carboxylic acids is 1. The van der Waals surface area contributed by atoms with Crippen molar-refractivity contribution in [1.82, 2.24) is 14.9 Å². The van der Waals surface area contributed by atoms with Crippen molar-refractivity contribution in [2.75, 3.05) is 0 Å². The van der Waals surface area contributed by atoms with E-state index in [-0.39, 0.29) is 12.5 Å². The quantitative estimate of drug-likeness (QED) is 0.385. The summed E-state index contributed by atoms with van der Waals surface area (Å²) in [6.07, 6.45) is 1.46. The SMILES string of the molecule is Cc1ccc2oc(CN(Cc3ccccc3Cl)C(=O)c3ccc(Cl)nc3)nc2c1. The number of rotatable bonds is 5. The molecule has 0 fully saturated rings. The summed E-state index contributed by atoms with van der Waals surface area (Å²) in [6.45, 7) is 2.49. The summed E-state index contributed by atoms with van der Waals surface area (Å²) < 4.78 is 5.85. The molecule has 2 aromatic carbocycles. The third kappa shape index (κ3) is 4.42. The van der Waals surface area contributed by atoms with E-state index in [0.717, 1.165) is 16.6 Å². The standard InChI is InChI=1S/C22H17Cl2N3O2/c1-14-6-8-19-18(10-14)26-21(29-19)13-27(12-16-4-2-3-5-17(16)23)22(28)15-7-9-20(24)25-11-15/h2-11H,12-13H2,1H3. The number of carbonyl (C=O) groups is 1. The van der Waals surface area contributed by atoms with E-state index in [0.29, 0.717) is 33.8 Å². The lowest BCUT2D eigenvalue weighted by atomic mass is 10.2. The number of halogens is 2. The first-order valence-corrected chi connectivity index (χ1v) is 9.75. The monoisotopic (exact) mass is 425 g/mol. The van der Waals surface area contributed by atoms with E-state index in [1.807, 2.05) is 43.3 Å². The molecule has 0 bridgehead atoms. The molecule has 0 aliphatic rings. The van der Waals surface area contributed by atoms with Gasteiger partial charge in [0.05, 0.1) is 12.1 Å². The zero-order valence-corrected chi connectivity index (χ0v) is 17.1. The molecule has 0 radical (unpaired) electrons. The van der Waals surface area contributed by atoms with Crippen LogP contribution in [0, 0.1) is 6.92 Å². The molecule has 0 saturated carbocycles. The van der Waals surface area contributed by atoms with Gasteiger partial charge < -0.3 is 9.32 Å². The zero-order chi connectivity index (χ0) is 20.4. The van der Waals surface area contributed by atoms with Crippen LogP contribution in [-0.2, 0) is 13.1 Å². The number of nitrogens with zero attached hydrogens (tertiary/aromatic N) is 3. The molecular weight excluding hydrogens is 409 g/mol. The van der Waals surface area contributed by atoms with Gasteiger partial charge in [-0.05, 0) is 48.4 Å². The van der Waals surface area contributed by atoms with Crippen LogP contribution in [0.3, 0.4) is 0 Å². The van der Waals surface area contributed by atoms with E-state index < -0.39 is 0 Å². The molecule has 2 heterocycles. The van der Waals surface area contributed by atoms with Crippen LogP contribution in [0.2, 0.25) is 10.2 Å². The molecule has 29 heavy (non-hydrogen) atoms. The summed E-state index contributed by atoms with van der Waals surface area (Å²) in [5.41, 5.74) is 3.79. The van der Waals surface area contributed by atoms with Gasteiger partial charge in [-0.2, -0.15) is 0 Å². The summed E-state index contributed by atoms with van der Waals surface area (Å²) >= 11 is 12.2. The fourth-order valence-electron chi connectivity index (χ4n) is 3.03. The van der Waals surface area contributed by atoms with Gasteiger partial charge in [0.1, 0.15) is 10.7 Å². The molecule has 1 amide bonds. The highest BCUT2D eigenvalue weighted by Gasteiger charge is 2.21. The Labute approximate surface area is 177 Å². The smallest absolute Gasteiger partial charge is 0.256 e. The average Bonchev–Trinajstić information content (AvgIpc) is 3.10. The van der Waals surface area contributed by atoms with E-state index in [1.54, 1.807) is 23.1 Å². The molecule has 7 heteroatoms.